The Morgan fingerprint density at radius 3 is 2.23 bits per heavy atom. The average molecular weight is 611 g/mol. The molecule has 1 aromatic heterocycles. The van der Waals surface area contributed by atoms with Gasteiger partial charge >= 0.3 is 12.1 Å². The first-order chi connectivity index (χ1) is 21.1. The first-order valence-corrected chi connectivity index (χ1v) is 15.2. The van der Waals surface area contributed by atoms with Crippen molar-refractivity contribution in [3.63, 3.8) is 0 Å². The van der Waals surface area contributed by atoms with Gasteiger partial charge in [-0.05, 0) is 112 Å². The van der Waals surface area contributed by atoms with Crippen LogP contribution >= 0.6 is 0 Å². The molecular formula is C34H38F4N4O2. The molecule has 2 aliphatic rings. The lowest BCUT2D eigenvalue weighted by Gasteiger charge is -2.34. The van der Waals surface area contributed by atoms with Crippen LogP contribution in [-0.2, 0) is 11.3 Å². The predicted molar refractivity (Wildman–Crippen MR) is 164 cm³/mol. The molecule has 234 valence electrons. The zero-order valence-electron chi connectivity index (χ0n) is 24.6. The maximum atomic E-state index is 13.6. The van der Waals surface area contributed by atoms with Crippen LogP contribution < -0.4 is 0 Å². The van der Waals surface area contributed by atoms with E-state index in [1.54, 1.807) is 6.07 Å². The Morgan fingerprint density at radius 1 is 0.864 bits per heavy atom. The number of hydrogen-bond donors (Lipinski definition) is 2. The number of likely N-dealkylation sites (tertiary alicyclic amines) is 2. The number of fused-ring (bicyclic) bond motifs is 1. The van der Waals surface area contributed by atoms with Crippen LogP contribution in [0.25, 0.3) is 33.5 Å². The van der Waals surface area contributed by atoms with Crippen molar-refractivity contribution in [2.45, 2.75) is 51.2 Å². The fourth-order valence-corrected chi connectivity index (χ4v) is 6.01. The molecule has 3 aromatic carbocycles. The van der Waals surface area contributed by atoms with Crippen LogP contribution in [0.15, 0.2) is 66.7 Å². The minimum atomic E-state index is -5.08. The summed E-state index contributed by atoms with van der Waals surface area (Å²) in [5, 5.41) is 7.12. The van der Waals surface area contributed by atoms with E-state index in [-0.39, 0.29) is 5.82 Å². The fourth-order valence-electron chi connectivity index (χ4n) is 6.01. The van der Waals surface area contributed by atoms with Crippen LogP contribution in [0.5, 0.6) is 0 Å². The van der Waals surface area contributed by atoms with E-state index in [0.29, 0.717) is 0 Å². The second kappa shape index (κ2) is 14.3. The summed E-state index contributed by atoms with van der Waals surface area (Å²) in [7, 11) is 0. The quantitative estimate of drug-likeness (QED) is 0.209. The Labute approximate surface area is 254 Å². The maximum Gasteiger partial charge on any atom is 0.490 e. The smallest absolute Gasteiger partial charge is 0.475 e. The van der Waals surface area contributed by atoms with E-state index in [9.17, 15) is 17.6 Å². The summed E-state index contributed by atoms with van der Waals surface area (Å²) in [5.41, 5.74) is 6.23. The van der Waals surface area contributed by atoms with E-state index in [2.05, 4.69) is 62.2 Å². The highest BCUT2D eigenvalue weighted by Gasteiger charge is 2.38. The van der Waals surface area contributed by atoms with Crippen molar-refractivity contribution in [2.24, 2.45) is 5.92 Å². The van der Waals surface area contributed by atoms with Gasteiger partial charge in [0.05, 0.1) is 11.0 Å². The molecule has 6 nitrogen and oxygen atoms in total. The van der Waals surface area contributed by atoms with Crippen molar-refractivity contribution in [3.8, 4) is 22.5 Å². The Hall–Kier alpha value is -3.76. The van der Waals surface area contributed by atoms with Crippen LogP contribution in [-0.4, -0.2) is 69.7 Å². The third-order valence-corrected chi connectivity index (χ3v) is 8.53. The van der Waals surface area contributed by atoms with E-state index < -0.39 is 12.1 Å². The number of hydrogen-bond acceptors (Lipinski definition) is 4. The topological polar surface area (TPSA) is 72.5 Å². The van der Waals surface area contributed by atoms with E-state index in [1.165, 1.54) is 94.5 Å². The summed E-state index contributed by atoms with van der Waals surface area (Å²) in [5.74, 6) is -1.35. The van der Waals surface area contributed by atoms with Crippen molar-refractivity contribution in [1.82, 2.24) is 19.8 Å². The number of rotatable bonds is 7. The average Bonchev–Trinajstić information content (AvgIpc) is 3.45. The van der Waals surface area contributed by atoms with Crippen molar-refractivity contribution >= 4 is 17.0 Å². The Bertz CT molecular complexity index is 1520. The molecule has 0 aliphatic carbocycles. The monoisotopic (exact) mass is 610 g/mol. The molecule has 2 saturated heterocycles. The van der Waals surface area contributed by atoms with Gasteiger partial charge in [0.1, 0.15) is 11.6 Å². The van der Waals surface area contributed by atoms with Crippen molar-refractivity contribution in [1.29, 1.82) is 0 Å². The van der Waals surface area contributed by atoms with Crippen LogP contribution in [0.3, 0.4) is 0 Å². The standard InChI is InChI=1S/C32H37FN4.C2HF3O2/c33-29-11-12-30-31(22-29)35-32(34-30)28-6-4-5-27(21-28)26-9-7-25(8-10-26)23-37-19-14-24(15-20-37)13-18-36-16-2-1-3-17-36;3-2(4,5)1(6)7/h4-12,21-22,24H,1-3,13-20,23H2,(H,34,35);(H,6,7). The minimum Gasteiger partial charge on any atom is -0.475 e. The van der Waals surface area contributed by atoms with Crippen molar-refractivity contribution < 1.29 is 27.5 Å². The molecule has 2 aliphatic heterocycles. The predicted octanol–water partition coefficient (Wildman–Crippen LogP) is 7.76. The van der Waals surface area contributed by atoms with Gasteiger partial charge in [0, 0.05) is 12.1 Å². The molecule has 2 fully saturated rings. The zero-order chi connectivity index (χ0) is 31.1. The highest BCUT2D eigenvalue weighted by Crippen LogP contribution is 2.28. The van der Waals surface area contributed by atoms with Gasteiger partial charge in [0.2, 0.25) is 0 Å². The molecule has 44 heavy (non-hydrogen) atoms. The molecular weight excluding hydrogens is 572 g/mol. The molecule has 0 radical (unpaired) electrons. The number of alkyl halides is 3. The van der Waals surface area contributed by atoms with E-state index in [0.717, 1.165) is 40.4 Å². The summed E-state index contributed by atoms with van der Waals surface area (Å²) in [4.78, 5) is 22.1. The van der Waals surface area contributed by atoms with Gasteiger partial charge < -0.3 is 15.0 Å². The number of carboxylic acids is 1. The molecule has 2 N–H and O–H groups in total. The van der Waals surface area contributed by atoms with Gasteiger partial charge in [-0.2, -0.15) is 13.2 Å². The summed E-state index contributed by atoms with van der Waals surface area (Å²) < 4.78 is 45.3. The maximum absolute atomic E-state index is 13.6. The second-order valence-electron chi connectivity index (χ2n) is 11.7. The second-order valence-corrected chi connectivity index (χ2v) is 11.7. The number of nitrogens with one attached hydrogen (secondary N) is 1. The largest absolute Gasteiger partial charge is 0.490 e. The minimum absolute atomic E-state index is 0.256. The number of aromatic nitrogens is 2. The third kappa shape index (κ3) is 8.66. The molecule has 0 bridgehead atoms. The van der Waals surface area contributed by atoms with E-state index >= 15 is 0 Å². The number of imidazole rings is 1. The molecule has 0 saturated carbocycles. The highest BCUT2D eigenvalue weighted by molar-refractivity contribution is 5.80. The number of aliphatic carboxylic acids is 1. The lowest BCUT2D eigenvalue weighted by Crippen LogP contribution is -2.36. The number of nitrogens with zero attached hydrogens (tertiary/aromatic N) is 3. The van der Waals surface area contributed by atoms with Crippen molar-refractivity contribution in [2.75, 3.05) is 32.7 Å². The third-order valence-electron chi connectivity index (χ3n) is 8.53. The molecule has 0 amide bonds. The molecule has 0 spiro atoms. The van der Waals surface area contributed by atoms with Crippen molar-refractivity contribution in [3.05, 3.63) is 78.1 Å². The van der Waals surface area contributed by atoms with E-state index in [4.69, 9.17) is 9.90 Å². The van der Waals surface area contributed by atoms with E-state index in [1.807, 2.05) is 6.07 Å². The number of piperidine rings is 2. The molecule has 10 heteroatoms. The van der Waals surface area contributed by atoms with Gasteiger partial charge in [0.15, 0.2) is 0 Å². The molecule has 0 atom stereocenters. The molecule has 6 rings (SSSR count). The first-order valence-electron chi connectivity index (χ1n) is 15.2. The van der Waals surface area contributed by atoms with Gasteiger partial charge in [-0.15, -0.1) is 0 Å². The van der Waals surface area contributed by atoms with Crippen LogP contribution in [0, 0.1) is 11.7 Å². The first kappa shape index (κ1) is 31.7. The summed E-state index contributed by atoms with van der Waals surface area (Å²) >= 11 is 0. The summed E-state index contributed by atoms with van der Waals surface area (Å²) in [6.45, 7) is 7.42. The number of carboxylic acid groups (broad SMARTS) is 1. The Balaban J connectivity index is 0.000000493. The van der Waals surface area contributed by atoms with Crippen LogP contribution in [0.2, 0.25) is 0 Å². The fraction of sp³-hybridized carbons (Fsp3) is 0.412. The van der Waals surface area contributed by atoms with Gasteiger partial charge in [-0.1, -0.05) is 48.9 Å². The van der Waals surface area contributed by atoms with Gasteiger partial charge in [-0.25, -0.2) is 14.2 Å². The Morgan fingerprint density at radius 2 is 1.55 bits per heavy atom. The zero-order valence-corrected chi connectivity index (χ0v) is 24.6. The van der Waals surface area contributed by atoms with Gasteiger partial charge in [-0.3, -0.25) is 4.90 Å². The van der Waals surface area contributed by atoms with Crippen LogP contribution in [0.1, 0.15) is 44.1 Å². The normalized spacial score (nSPS) is 16.9. The lowest BCUT2D eigenvalue weighted by molar-refractivity contribution is -0.192. The molecule has 3 heterocycles. The molecule has 4 aromatic rings. The van der Waals surface area contributed by atoms with Crippen LogP contribution in [0.4, 0.5) is 17.6 Å². The van der Waals surface area contributed by atoms with Gasteiger partial charge in [0.25, 0.3) is 0 Å². The number of halogens is 4. The number of H-pyrrole nitrogens is 1. The summed E-state index contributed by atoms with van der Waals surface area (Å²) in [6, 6.07) is 22.0. The highest BCUT2D eigenvalue weighted by atomic mass is 19.4. The summed E-state index contributed by atoms with van der Waals surface area (Å²) in [6.07, 6.45) is 3.19. The number of benzene rings is 3. The number of carbonyl (C=O) groups is 1. The lowest BCUT2D eigenvalue weighted by atomic mass is 9.92. The SMILES string of the molecule is Fc1ccc2nc(-c3cccc(-c4ccc(CN5CCC(CCN6CCCCC6)CC5)cc4)c3)[nH]c2c1.O=C(O)C(F)(F)F. The Kier molecular flexibility index (Phi) is 10.3. The number of aromatic amines is 1. The molecule has 0 unspecified atom stereocenters.